The highest BCUT2D eigenvalue weighted by molar-refractivity contribution is 8.09. The first-order chi connectivity index (χ1) is 66.4. The van der Waals surface area contributed by atoms with Crippen LogP contribution >= 0.6 is 47.0 Å². The predicted octanol–water partition coefficient (Wildman–Crippen LogP) is 0.246. The molecule has 0 radical (unpaired) electrons. The molecule has 0 aromatic carbocycles. The van der Waals surface area contributed by atoms with E-state index in [4.69, 9.17) is 196 Å². The molecule has 14 heterocycles. The summed E-state index contributed by atoms with van der Waals surface area (Å²) in [5.74, 6) is -0.370. The average molecular weight is 2270 g/mol. The Bertz CT molecular complexity index is 7030. The van der Waals surface area contributed by atoms with Gasteiger partial charge < -0.3 is 148 Å². The van der Waals surface area contributed by atoms with Gasteiger partial charge in [0.05, 0.1) is 88.5 Å². The lowest BCUT2D eigenvalue weighted by Crippen LogP contribution is -2.33. The predicted molar refractivity (Wildman–Crippen MR) is 520 cm³/mol. The average Bonchev–Trinajstić information content (AvgIpc) is 1.58. The van der Waals surface area contributed by atoms with Gasteiger partial charge in [0, 0.05) is 134 Å². The van der Waals surface area contributed by atoms with Crippen molar-refractivity contribution in [3.63, 3.8) is 0 Å². The summed E-state index contributed by atoms with van der Waals surface area (Å²) in [4.78, 5) is 247. The summed E-state index contributed by atoms with van der Waals surface area (Å²) in [6, 6.07) is 0. The highest BCUT2D eigenvalue weighted by atomic mass is 32.5. The van der Waals surface area contributed by atoms with Crippen LogP contribution in [0.25, 0.3) is 0 Å². The maximum atomic E-state index is 13.6. The number of hydrogen-bond donors (Lipinski definition) is 14. The van der Waals surface area contributed by atoms with Gasteiger partial charge in [0.25, 0.3) is 22.2 Å². The van der Waals surface area contributed by atoms with Crippen molar-refractivity contribution in [3.05, 3.63) is 197 Å². The largest absolute Gasteiger partial charge is 0.383 e. The van der Waals surface area contributed by atoms with E-state index < -0.39 is 291 Å². The molecule has 0 amide bonds. The zero-order valence-electron chi connectivity index (χ0n) is 76.0. The molecule has 7 fully saturated rings. The highest BCUT2D eigenvalue weighted by Gasteiger charge is 2.52. The summed E-state index contributed by atoms with van der Waals surface area (Å²) >= 11 is 38.6. The number of aromatic amines is 4. The van der Waals surface area contributed by atoms with Crippen molar-refractivity contribution in [1.29, 1.82) is 0 Å². The Labute approximate surface area is 836 Å². The Morgan fingerprint density at radius 2 is 0.472 bits per heavy atom. The molecule has 56 nitrogen and oxygen atoms in total. The Morgan fingerprint density at radius 1 is 0.303 bits per heavy atom. The second-order valence-electron chi connectivity index (χ2n) is 33.6. The van der Waals surface area contributed by atoms with Crippen molar-refractivity contribution in [2.75, 3.05) is 64.0 Å². The fourth-order valence-electron chi connectivity index (χ4n) is 16.1. The van der Waals surface area contributed by atoms with Gasteiger partial charge >= 0.3 is 86.9 Å². The van der Waals surface area contributed by atoms with Gasteiger partial charge in [-0.25, -0.2) is 33.6 Å². The normalized spacial score (nSPS) is 29.8. The molecule has 28 atom stereocenters. The molecule has 7 aliphatic rings. The Balaban J connectivity index is 0.665. The van der Waals surface area contributed by atoms with Gasteiger partial charge in [-0.05, 0) is 138 Å². The van der Waals surface area contributed by atoms with Gasteiger partial charge in [0.2, 0.25) is 0 Å². The molecule has 0 saturated carbocycles. The molecule has 784 valence electrons. The fraction of sp³-hybridized carbons (Fsp3) is 0.611. The molecule has 14 rings (SSSR count). The van der Waals surface area contributed by atoms with Crippen molar-refractivity contribution in [3.8, 4) is 0 Å². The molecule has 7 saturated heterocycles. The van der Waals surface area contributed by atoms with Gasteiger partial charge in [0.1, 0.15) is 97.7 Å². The van der Waals surface area contributed by atoms with Crippen LogP contribution in [0.4, 0.5) is 17.5 Å². The number of nitrogens with two attached hydrogens (primary N) is 3. The Morgan fingerprint density at radius 3 is 0.662 bits per heavy atom. The van der Waals surface area contributed by atoms with E-state index in [0.717, 1.165) is 40.7 Å². The van der Waals surface area contributed by atoms with Gasteiger partial charge in [0.15, 0.2) is 0 Å². The number of anilines is 3. The van der Waals surface area contributed by atoms with Crippen LogP contribution in [0.2, 0.25) is 0 Å². The molecule has 7 aromatic heterocycles. The van der Waals surface area contributed by atoms with Crippen molar-refractivity contribution in [1.82, 2.24) is 66.9 Å². The van der Waals surface area contributed by atoms with E-state index in [1.165, 1.54) is 83.3 Å². The first-order valence-electron chi connectivity index (χ1n) is 42.8. The van der Waals surface area contributed by atoms with Crippen LogP contribution in [0.3, 0.4) is 0 Å². The van der Waals surface area contributed by atoms with Gasteiger partial charge in [-0.1, -0.05) is 6.92 Å². The third-order valence-electron chi connectivity index (χ3n) is 23.5. The molecule has 0 spiro atoms. The molecule has 142 heavy (non-hydrogen) atoms. The number of nitrogen functional groups attached to an aromatic ring is 3. The third-order valence-corrected chi connectivity index (χ3v) is 34.7. The zero-order chi connectivity index (χ0) is 103. The SMILES string of the molecule is CC[C@H]1O[C@@H](n2cc(C)c(=O)[nH]c2=O)C[C@H]1OP(O)(=S)OC[C@H]1O[C@@H](n2cc(C)c(N)nc2=O)C[C@H]1OP(O)(=S)OC[C@H]1O[C@@H](n2cc(C)c(N)nc2=O)C[C@H]1OP(O)(=S)OC[C@H]1O[C@@H](n2cc(C)c(=O)[nH]c2=O)C[C@H]1OP(O)(=S)OC[C@H]1O[C@@H](n2cc(C)c(N)nc2=O)C[C@H]1OP(O)(=S)OC[C@H]1O[C@@H](n2cc(C)c(=O)[nH]c2=O)C[C@H]1OP(O)(=S)OC[C@H]1O[C@@H](n2cc(C)c(=O)[nH]c2=O)C[C@H]1OP(O)(=S)OC. The van der Waals surface area contributed by atoms with Gasteiger partial charge in [-0.2, -0.15) is 15.0 Å². The van der Waals surface area contributed by atoms with Crippen molar-refractivity contribution in [2.45, 2.75) is 236 Å². The maximum absolute atomic E-state index is 13.6. The first kappa shape index (κ1) is 112. The monoisotopic (exact) mass is 2270 g/mol. The molecular formula is C72H100N17O39P7S7. The smallest absolute Gasteiger partial charge is 0.351 e. The van der Waals surface area contributed by atoms with Crippen LogP contribution in [0, 0.1) is 48.5 Å². The maximum Gasteiger partial charge on any atom is 0.351 e. The topological polar surface area (TPSA) is 738 Å². The van der Waals surface area contributed by atoms with Crippen LogP contribution in [0.1, 0.15) is 141 Å². The van der Waals surface area contributed by atoms with Crippen molar-refractivity contribution >= 4 is 147 Å². The lowest BCUT2D eigenvalue weighted by Gasteiger charge is -2.29. The summed E-state index contributed by atoms with van der Waals surface area (Å²) in [6.45, 7) is -24.4. The number of nitrogens with zero attached hydrogens (tertiary/aromatic N) is 10. The number of aryl methyl sites for hydroxylation is 7. The Kier molecular flexibility index (Phi) is 35.6. The standard InChI is InChI=1S/C72H100N17O39P7S7/c1-10-38-39(11-52(115-38)86-21-34(5)62(90)79-69(86)97)123-130(102,137)109-26-47-41(13-53(117-47)83-18-31(2)59(73)76-66(83)94)124-132(104,139)111-27-48-42(14-54(118-48)84-19-32(3)60(74)77-67(84)95)125-134(106,141)114-30-51-45(17-58(121-51)89-24-37(8)65(93)82-72(89)100)128-135(107,142)112-28-49-43(15-55(119-49)85-20-33(4)61(75)78-68(85)96)126-133(105,140)113-29-50-44(16-57(120-50)88-23-36(7)64(92)81-71(88)99)127-131(103,138)110-25-46-40(122-129(101,136)108-9)12-56(116-46)87-22-35(6)63(91)80-70(87)98/h18-24,38-58H,10-17,25-30H2,1-9H3,(H,101,136)(H,102,137)(H,103,138)(H,104,139)(H,105,140)(H,106,141)(H,107,142)(H2,73,76,94)(H2,74,77,95)(H2,75,78,96)(H,79,90,97)(H,80,91,98)(H,81,92,99)(H,82,93,100)/t38-,39-,40-,41-,42-,43-,44-,45-,46-,47-,48-,49-,50-,51-,52-,53-,54-,55-,56-,57-,58-,129?,130?,131?,132?,133?,134?,135?/m1/s1. The second kappa shape index (κ2) is 45.2. The molecule has 17 N–H and O–H groups in total. The molecule has 0 bridgehead atoms. The minimum atomic E-state index is -4.79. The number of ether oxygens (including phenoxy) is 7. The molecular weight excluding hydrogens is 2170 g/mol. The minimum absolute atomic E-state index is 0.0229. The number of hydrogen-bond acceptors (Lipinski definition) is 45. The number of rotatable bonds is 41. The van der Waals surface area contributed by atoms with E-state index in [2.05, 4.69) is 34.9 Å². The highest BCUT2D eigenvalue weighted by Crippen LogP contribution is 2.59. The van der Waals surface area contributed by atoms with Crippen LogP contribution < -0.4 is 79.3 Å². The van der Waals surface area contributed by atoms with Crippen LogP contribution in [-0.2, 0) is 179 Å². The van der Waals surface area contributed by atoms with Crippen molar-refractivity contribution < 1.29 is 131 Å². The molecule has 0 aliphatic carbocycles. The summed E-state index contributed by atoms with van der Waals surface area (Å²) in [5.41, 5.74) is 10.3. The summed E-state index contributed by atoms with van der Waals surface area (Å²) in [7, 11) is 1.09. The molecule has 70 heteroatoms. The fourth-order valence-corrected chi connectivity index (χ4v) is 26.0. The third kappa shape index (κ3) is 27.5. The number of nitrogens with one attached hydrogen (secondary N) is 4. The quantitative estimate of drug-likeness (QED) is 0.0228. The molecule has 7 aliphatic heterocycles. The number of H-pyrrole nitrogens is 4. The van der Waals surface area contributed by atoms with E-state index in [-0.39, 0.29) is 71.8 Å². The van der Waals surface area contributed by atoms with Gasteiger partial charge in [-0.3, -0.25) is 71.1 Å². The van der Waals surface area contributed by atoms with Gasteiger partial charge in [-0.15, -0.1) is 0 Å². The minimum Gasteiger partial charge on any atom is -0.383 e. The summed E-state index contributed by atoms with van der Waals surface area (Å²) < 4.78 is 134. The lowest BCUT2D eigenvalue weighted by molar-refractivity contribution is -0.0582. The van der Waals surface area contributed by atoms with E-state index in [9.17, 15) is 87.0 Å². The lowest BCUT2D eigenvalue weighted by atomic mass is 10.1. The van der Waals surface area contributed by atoms with Crippen LogP contribution in [-0.4, -0.2) is 233 Å². The van der Waals surface area contributed by atoms with Crippen LogP contribution in [0.5, 0.6) is 0 Å². The second-order valence-corrected chi connectivity index (χ2v) is 53.3. The number of aromatic nitrogens is 14. The van der Waals surface area contributed by atoms with E-state index in [1.54, 1.807) is 13.8 Å². The van der Waals surface area contributed by atoms with E-state index in [0.29, 0.717) is 23.1 Å². The van der Waals surface area contributed by atoms with E-state index in [1.807, 2.05) is 0 Å². The zero-order valence-corrected chi connectivity index (χ0v) is 87.9. The van der Waals surface area contributed by atoms with E-state index >= 15 is 0 Å². The van der Waals surface area contributed by atoms with Crippen LogP contribution in [0.15, 0.2) is 96.1 Å². The Hall–Kier alpha value is -5.81. The van der Waals surface area contributed by atoms with Crippen molar-refractivity contribution in [2.24, 2.45) is 0 Å². The first-order valence-corrected chi connectivity index (χ1v) is 61.0. The summed E-state index contributed by atoms with van der Waals surface area (Å²) in [5, 5.41) is 0. The molecule has 7 aromatic rings. The summed E-state index contributed by atoms with van der Waals surface area (Å²) in [6.07, 6.45) is -20.9. The molecule has 7 unspecified atom stereocenters.